The largest absolute Gasteiger partial charge is 0.467 e. The number of benzene rings is 1. The van der Waals surface area contributed by atoms with Gasteiger partial charge in [-0.05, 0) is 30.4 Å². The number of H-pyrrole nitrogens is 1. The maximum atomic E-state index is 12.0. The van der Waals surface area contributed by atoms with Crippen LogP contribution < -0.4 is 10.6 Å². The van der Waals surface area contributed by atoms with Gasteiger partial charge in [-0.3, -0.25) is 0 Å². The van der Waals surface area contributed by atoms with Gasteiger partial charge in [0.2, 0.25) is 0 Å². The molecule has 0 aliphatic rings. The third kappa shape index (κ3) is 4.75. The highest BCUT2D eigenvalue weighted by Crippen LogP contribution is 2.17. The van der Waals surface area contributed by atoms with Gasteiger partial charge in [-0.2, -0.15) is 0 Å². The zero-order valence-electron chi connectivity index (χ0n) is 14.4. The molecular weight excluding hydrogens is 306 g/mol. The monoisotopic (exact) mass is 331 g/mol. The van der Waals surface area contributed by atoms with Gasteiger partial charge in [0.15, 0.2) is 0 Å². The normalized spacial score (nSPS) is 12.2. The predicted octanol–water partition coefficient (Wildman–Crippen LogP) is 2.60. The molecule has 0 saturated carbocycles. The van der Waals surface area contributed by atoms with Gasteiger partial charge < -0.3 is 20.4 Å². The number of ether oxygens (including phenoxy) is 1. The van der Waals surface area contributed by atoms with Crippen molar-refractivity contribution in [2.75, 3.05) is 13.7 Å². The number of para-hydroxylation sites is 1. The SMILES string of the molecule is COC(=O)[C@@H](CC(C)C)NC(=O)NCCc1c[nH]c2ccccc12. The molecule has 0 unspecified atom stereocenters. The Labute approximate surface area is 142 Å². The smallest absolute Gasteiger partial charge is 0.328 e. The van der Waals surface area contributed by atoms with E-state index in [2.05, 4.69) is 21.7 Å². The number of urea groups is 1. The molecule has 1 atom stereocenters. The van der Waals surface area contributed by atoms with Crippen molar-refractivity contribution in [1.29, 1.82) is 0 Å². The first kappa shape index (κ1) is 17.8. The van der Waals surface area contributed by atoms with Crippen LogP contribution in [0, 0.1) is 5.92 Å². The topological polar surface area (TPSA) is 83.2 Å². The number of fused-ring (bicyclic) bond motifs is 1. The molecule has 2 rings (SSSR count). The van der Waals surface area contributed by atoms with Crippen LogP contribution in [0.5, 0.6) is 0 Å². The second-order valence-electron chi connectivity index (χ2n) is 6.22. The lowest BCUT2D eigenvalue weighted by atomic mass is 10.0. The summed E-state index contributed by atoms with van der Waals surface area (Å²) in [5.74, 6) is -0.143. The third-order valence-corrected chi connectivity index (χ3v) is 3.85. The first-order valence-corrected chi connectivity index (χ1v) is 8.18. The van der Waals surface area contributed by atoms with E-state index in [1.807, 2.05) is 38.2 Å². The Morgan fingerprint density at radius 1 is 1.25 bits per heavy atom. The number of methoxy groups -OCH3 is 1. The average molecular weight is 331 g/mol. The van der Waals surface area contributed by atoms with E-state index in [0.717, 1.165) is 16.5 Å². The number of carbonyl (C=O) groups is 2. The molecule has 0 aliphatic carbocycles. The van der Waals surface area contributed by atoms with Crippen molar-refractivity contribution in [3.63, 3.8) is 0 Å². The number of hydrogen-bond donors (Lipinski definition) is 3. The minimum Gasteiger partial charge on any atom is -0.467 e. The Hall–Kier alpha value is -2.50. The summed E-state index contributed by atoms with van der Waals surface area (Å²) in [6.07, 6.45) is 3.22. The highest BCUT2D eigenvalue weighted by molar-refractivity contribution is 5.84. The van der Waals surface area contributed by atoms with Crippen LogP contribution in [0.3, 0.4) is 0 Å². The Morgan fingerprint density at radius 2 is 2.00 bits per heavy atom. The van der Waals surface area contributed by atoms with E-state index in [-0.39, 0.29) is 11.9 Å². The van der Waals surface area contributed by atoms with Gasteiger partial charge in [-0.25, -0.2) is 9.59 Å². The lowest BCUT2D eigenvalue weighted by Gasteiger charge is -2.18. The van der Waals surface area contributed by atoms with Gasteiger partial charge >= 0.3 is 12.0 Å². The summed E-state index contributed by atoms with van der Waals surface area (Å²) in [6.45, 7) is 4.47. The molecule has 24 heavy (non-hydrogen) atoms. The fraction of sp³-hybridized carbons (Fsp3) is 0.444. The first-order chi connectivity index (χ1) is 11.5. The van der Waals surface area contributed by atoms with E-state index in [9.17, 15) is 9.59 Å². The maximum absolute atomic E-state index is 12.0. The molecule has 0 aliphatic heterocycles. The van der Waals surface area contributed by atoms with Crippen molar-refractivity contribution in [3.8, 4) is 0 Å². The number of amides is 2. The Bertz CT molecular complexity index is 694. The van der Waals surface area contributed by atoms with Crippen LogP contribution in [-0.4, -0.2) is 36.7 Å². The van der Waals surface area contributed by atoms with E-state index in [4.69, 9.17) is 4.74 Å². The van der Waals surface area contributed by atoms with Gasteiger partial charge in [0.1, 0.15) is 6.04 Å². The molecule has 0 bridgehead atoms. The number of nitrogens with one attached hydrogen (secondary N) is 3. The minimum atomic E-state index is -0.622. The molecular formula is C18H25N3O3. The van der Waals surface area contributed by atoms with Crippen molar-refractivity contribution >= 4 is 22.9 Å². The van der Waals surface area contributed by atoms with Gasteiger partial charge in [-0.15, -0.1) is 0 Å². The fourth-order valence-electron chi connectivity index (χ4n) is 2.69. The van der Waals surface area contributed by atoms with Gasteiger partial charge in [-0.1, -0.05) is 32.0 Å². The minimum absolute atomic E-state index is 0.278. The van der Waals surface area contributed by atoms with Gasteiger partial charge in [0.05, 0.1) is 7.11 Å². The molecule has 0 fully saturated rings. The van der Waals surface area contributed by atoms with E-state index < -0.39 is 12.0 Å². The van der Waals surface area contributed by atoms with Crippen LogP contribution in [-0.2, 0) is 16.0 Å². The molecule has 0 saturated heterocycles. The van der Waals surface area contributed by atoms with Crippen LogP contribution in [0.4, 0.5) is 4.79 Å². The highest BCUT2D eigenvalue weighted by atomic mass is 16.5. The van der Waals surface area contributed by atoms with Crippen LogP contribution in [0.1, 0.15) is 25.8 Å². The maximum Gasteiger partial charge on any atom is 0.328 e. The summed E-state index contributed by atoms with van der Waals surface area (Å²) in [7, 11) is 1.33. The molecule has 1 aromatic carbocycles. The molecule has 0 spiro atoms. The highest BCUT2D eigenvalue weighted by Gasteiger charge is 2.22. The van der Waals surface area contributed by atoms with E-state index in [1.165, 1.54) is 7.11 Å². The van der Waals surface area contributed by atoms with Gasteiger partial charge in [0, 0.05) is 23.6 Å². The van der Waals surface area contributed by atoms with Crippen molar-refractivity contribution < 1.29 is 14.3 Å². The lowest BCUT2D eigenvalue weighted by molar-refractivity contribution is -0.143. The molecule has 1 heterocycles. The summed E-state index contributed by atoms with van der Waals surface area (Å²) in [5.41, 5.74) is 2.23. The zero-order valence-corrected chi connectivity index (χ0v) is 14.4. The molecule has 130 valence electrons. The van der Waals surface area contributed by atoms with Crippen molar-refractivity contribution in [2.24, 2.45) is 5.92 Å². The molecule has 0 radical (unpaired) electrons. The number of aromatic amines is 1. The van der Waals surface area contributed by atoms with E-state index >= 15 is 0 Å². The van der Waals surface area contributed by atoms with Gasteiger partial charge in [0.25, 0.3) is 0 Å². The second kappa shape index (κ2) is 8.38. The third-order valence-electron chi connectivity index (χ3n) is 3.85. The standard InChI is InChI=1S/C18H25N3O3/c1-12(2)10-16(17(22)24-3)21-18(23)19-9-8-13-11-20-15-7-5-4-6-14(13)15/h4-7,11-12,16,20H,8-10H2,1-3H3,(H2,19,21,23)/t16-/m1/s1. The molecule has 3 N–H and O–H groups in total. The lowest BCUT2D eigenvalue weighted by Crippen LogP contribution is -2.47. The number of rotatable bonds is 7. The van der Waals surface area contributed by atoms with E-state index in [1.54, 1.807) is 0 Å². The molecule has 2 amide bonds. The number of hydrogen-bond acceptors (Lipinski definition) is 3. The van der Waals surface area contributed by atoms with Crippen molar-refractivity contribution in [3.05, 3.63) is 36.0 Å². The van der Waals surface area contributed by atoms with Crippen molar-refractivity contribution in [2.45, 2.75) is 32.7 Å². The summed E-state index contributed by atoms with van der Waals surface area (Å²) in [5, 5.41) is 6.64. The zero-order chi connectivity index (χ0) is 17.5. The van der Waals surface area contributed by atoms with Crippen LogP contribution in [0.15, 0.2) is 30.5 Å². The fourth-order valence-corrected chi connectivity index (χ4v) is 2.69. The summed E-state index contributed by atoms with van der Waals surface area (Å²) < 4.78 is 4.74. The number of aromatic nitrogens is 1. The molecule has 2 aromatic rings. The summed E-state index contributed by atoms with van der Waals surface area (Å²) in [4.78, 5) is 26.9. The summed E-state index contributed by atoms with van der Waals surface area (Å²) in [6, 6.07) is 7.07. The van der Waals surface area contributed by atoms with Crippen LogP contribution in [0.25, 0.3) is 10.9 Å². The second-order valence-corrected chi connectivity index (χ2v) is 6.22. The summed E-state index contributed by atoms with van der Waals surface area (Å²) >= 11 is 0. The van der Waals surface area contributed by atoms with Crippen LogP contribution >= 0.6 is 0 Å². The molecule has 6 nitrogen and oxygen atoms in total. The Balaban J connectivity index is 1.84. The molecule has 6 heteroatoms. The molecule has 1 aromatic heterocycles. The average Bonchev–Trinajstić information content (AvgIpc) is 2.96. The predicted molar refractivity (Wildman–Crippen MR) is 93.8 cm³/mol. The Kier molecular flexibility index (Phi) is 6.23. The van der Waals surface area contributed by atoms with E-state index in [0.29, 0.717) is 19.4 Å². The first-order valence-electron chi connectivity index (χ1n) is 8.18. The number of carbonyl (C=O) groups excluding carboxylic acids is 2. The quantitative estimate of drug-likeness (QED) is 0.682. The van der Waals surface area contributed by atoms with Crippen molar-refractivity contribution in [1.82, 2.24) is 15.6 Å². The number of esters is 1. The Morgan fingerprint density at radius 3 is 2.71 bits per heavy atom. The van der Waals surface area contributed by atoms with Crippen LogP contribution in [0.2, 0.25) is 0 Å².